The van der Waals surface area contributed by atoms with Gasteiger partial charge in [0.05, 0.1) is 23.3 Å². The smallest absolute Gasteiger partial charge is 0.357 e. The molecule has 2 heterocycles. The van der Waals surface area contributed by atoms with Gasteiger partial charge in [0.1, 0.15) is 17.7 Å². The van der Waals surface area contributed by atoms with Gasteiger partial charge in [-0.1, -0.05) is 34.4 Å². The van der Waals surface area contributed by atoms with E-state index in [9.17, 15) is 9.90 Å². The lowest BCUT2D eigenvalue weighted by Gasteiger charge is -2.51. The molecule has 1 aromatic carbocycles. The number of rotatable bonds is 8. The summed E-state index contributed by atoms with van der Waals surface area (Å²) in [7, 11) is 0. The number of halogens is 2. The molecule has 7 nitrogen and oxygen atoms in total. The van der Waals surface area contributed by atoms with Crippen LogP contribution in [0, 0.1) is 5.41 Å². The zero-order chi connectivity index (χ0) is 24.2. The number of oxazole rings is 1. The number of aromatic nitrogens is 2. The lowest BCUT2D eigenvalue weighted by atomic mass is 9.54. The average molecular weight is 517 g/mol. The zero-order valence-electron chi connectivity index (χ0n) is 19.2. The Bertz CT molecular complexity index is 1230. The third kappa shape index (κ3) is 4.07. The zero-order valence-corrected chi connectivity index (χ0v) is 20.7. The molecule has 2 aromatic heterocycles. The van der Waals surface area contributed by atoms with E-state index in [4.69, 9.17) is 36.9 Å². The first kappa shape index (κ1) is 23.1. The van der Waals surface area contributed by atoms with Crippen molar-refractivity contribution in [1.82, 2.24) is 10.1 Å². The molecule has 7 rings (SSSR count). The summed E-state index contributed by atoms with van der Waals surface area (Å²) in [5.41, 5.74) is 2.25. The number of benzene rings is 1. The van der Waals surface area contributed by atoms with Crippen LogP contribution < -0.4 is 0 Å². The quantitative estimate of drug-likeness (QED) is 0.343. The number of carboxylic acid groups (broad SMARTS) is 1. The van der Waals surface area contributed by atoms with Gasteiger partial charge in [0.2, 0.25) is 5.89 Å². The van der Waals surface area contributed by atoms with Gasteiger partial charge in [-0.15, -0.1) is 0 Å². The molecule has 4 aliphatic rings. The van der Waals surface area contributed by atoms with Crippen LogP contribution in [0.25, 0.3) is 11.3 Å². The second-order valence-electron chi connectivity index (χ2n) is 10.4. The van der Waals surface area contributed by atoms with E-state index >= 15 is 0 Å². The third-order valence-corrected chi connectivity index (χ3v) is 8.83. The number of ether oxygens (including phenoxy) is 1. The van der Waals surface area contributed by atoms with Crippen LogP contribution >= 0.6 is 23.2 Å². The molecule has 1 N–H and O–H groups in total. The fourth-order valence-corrected chi connectivity index (χ4v) is 6.41. The monoisotopic (exact) mass is 516 g/mol. The first-order chi connectivity index (χ1) is 16.9. The summed E-state index contributed by atoms with van der Waals surface area (Å²) in [6.45, 7) is 1.06. The Hall–Kier alpha value is -2.35. The number of nitrogens with zero attached hydrogens (tertiary/aromatic N) is 2. The highest BCUT2D eigenvalue weighted by Gasteiger charge is 2.52. The van der Waals surface area contributed by atoms with Gasteiger partial charge in [0.15, 0.2) is 5.69 Å². The molecule has 9 heteroatoms. The van der Waals surface area contributed by atoms with Gasteiger partial charge in [-0.05, 0) is 68.9 Å². The van der Waals surface area contributed by atoms with E-state index in [1.165, 1.54) is 6.26 Å². The van der Waals surface area contributed by atoms with Crippen molar-refractivity contribution in [3.05, 3.63) is 57.4 Å². The molecule has 4 fully saturated rings. The van der Waals surface area contributed by atoms with Gasteiger partial charge < -0.3 is 18.8 Å². The number of hydrogen-bond donors (Lipinski definition) is 1. The molecule has 184 valence electrons. The van der Waals surface area contributed by atoms with E-state index in [2.05, 4.69) is 10.1 Å². The SMILES string of the molecule is O=C(O)c1coc(C23CCC(COCc4c(-c5c(Cl)cccc5Cl)noc4C4CC4)(CC2)CC3)n1. The van der Waals surface area contributed by atoms with Crippen molar-refractivity contribution in [1.29, 1.82) is 0 Å². The minimum Gasteiger partial charge on any atom is -0.476 e. The van der Waals surface area contributed by atoms with Gasteiger partial charge in [-0.2, -0.15) is 0 Å². The minimum absolute atomic E-state index is 0.0188. The van der Waals surface area contributed by atoms with Crippen LogP contribution in [0.5, 0.6) is 0 Å². The van der Waals surface area contributed by atoms with E-state index in [1.807, 2.05) is 6.07 Å². The van der Waals surface area contributed by atoms with E-state index in [0.29, 0.717) is 46.3 Å². The Morgan fingerprint density at radius 1 is 1.11 bits per heavy atom. The molecule has 0 aliphatic heterocycles. The number of fused-ring (bicyclic) bond motifs is 3. The van der Waals surface area contributed by atoms with Crippen molar-refractivity contribution >= 4 is 29.2 Å². The number of carboxylic acids is 1. The van der Waals surface area contributed by atoms with Crippen LogP contribution in [0.4, 0.5) is 0 Å². The maximum Gasteiger partial charge on any atom is 0.357 e. The summed E-state index contributed by atoms with van der Waals surface area (Å²) in [6.07, 6.45) is 9.22. The van der Waals surface area contributed by atoms with Crippen LogP contribution in [0.15, 0.2) is 33.4 Å². The van der Waals surface area contributed by atoms with Gasteiger partial charge >= 0.3 is 5.97 Å². The summed E-state index contributed by atoms with van der Waals surface area (Å²) < 4.78 is 17.7. The largest absolute Gasteiger partial charge is 0.476 e. The Labute approximate surface area is 212 Å². The van der Waals surface area contributed by atoms with Gasteiger partial charge in [-0.3, -0.25) is 0 Å². The fraction of sp³-hybridized carbons (Fsp3) is 0.500. The lowest BCUT2D eigenvalue weighted by Crippen LogP contribution is -2.46. The van der Waals surface area contributed by atoms with Gasteiger partial charge in [-0.25, -0.2) is 9.78 Å². The molecule has 35 heavy (non-hydrogen) atoms. The first-order valence-electron chi connectivity index (χ1n) is 12.1. The van der Waals surface area contributed by atoms with E-state index in [1.54, 1.807) is 12.1 Å². The van der Waals surface area contributed by atoms with Crippen molar-refractivity contribution < 1.29 is 23.6 Å². The molecule has 4 saturated carbocycles. The minimum atomic E-state index is -1.05. The Morgan fingerprint density at radius 2 is 1.80 bits per heavy atom. The molecule has 3 aromatic rings. The van der Waals surface area contributed by atoms with Gasteiger partial charge in [0, 0.05) is 22.5 Å². The van der Waals surface area contributed by atoms with Crippen molar-refractivity contribution in [2.24, 2.45) is 5.41 Å². The van der Waals surface area contributed by atoms with Crippen LogP contribution in [0.3, 0.4) is 0 Å². The van der Waals surface area contributed by atoms with E-state index in [0.717, 1.165) is 62.7 Å². The second-order valence-corrected chi connectivity index (χ2v) is 11.2. The summed E-state index contributed by atoms with van der Waals surface area (Å²) in [6, 6.07) is 5.43. The summed E-state index contributed by atoms with van der Waals surface area (Å²) in [5.74, 6) is 0.792. The van der Waals surface area contributed by atoms with Crippen LogP contribution in [-0.2, 0) is 16.8 Å². The summed E-state index contributed by atoms with van der Waals surface area (Å²) in [4.78, 5) is 15.5. The molecule has 2 bridgehead atoms. The normalized spacial score (nSPS) is 25.8. The molecule has 0 unspecified atom stereocenters. The van der Waals surface area contributed by atoms with Crippen molar-refractivity contribution in [2.75, 3.05) is 6.61 Å². The molecule has 4 aliphatic carbocycles. The fourth-order valence-electron chi connectivity index (χ4n) is 5.83. The van der Waals surface area contributed by atoms with Crippen molar-refractivity contribution in [3.63, 3.8) is 0 Å². The molecular formula is C26H26Cl2N2O5. The summed E-state index contributed by atoms with van der Waals surface area (Å²) >= 11 is 13.0. The first-order valence-corrected chi connectivity index (χ1v) is 12.9. The standard InChI is InChI=1S/C26H26Cl2N2O5/c27-17-2-1-3-18(28)20(17)21-16(22(35-30-21)15-4-5-15)12-33-14-25-6-9-26(10-7-25,11-8-25)24-29-19(13-34-24)23(31)32/h1-3,13,15H,4-12,14H2,(H,31,32). The van der Waals surface area contributed by atoms with Crippen LogP contribution in [0.2, 0.25) is 10.0 Å². The topological polar surface area (TPSA) is 98.6 Å². The lowest BCUT2D eigenvalue weighted by molar-refractivity contribution is -0.0489. The maximum atomic E-state index is 11.2. The highest BCUT2D eigenvalue weighted by atomic mass is 35.5. The highest BCUT2D eigenvalue weighted by Crippen LogP contribution is 2.57. The Kier molecular flexibility index (Phi) is 5.70. The van der Waals surface area contributed by atoms with Crippen LogP contribution in [0.1, 0.15) is 85.0 Å². The highest BCUT2D eigenvalue weighted by molar-refractivity contribution is 6.39. The summed E-state index contributed by atoms with van der Waals surface area (Å²) in [5, 5.41) is 14.6. The molecule has 0 radical (unpaired) electrons. The van der Waals surface area contributed by atoms with E-state index < -0.39 is 5.97 Å². The van der Waals surface area contributed by atoms with Crippen molar-refractivity contribution in [3.8, 4) is 11.3 Å². The second kappa shape index (κ2) is 8.64. The predicted octanol–water partition coefficient (Wildman–Crippen LogP) is 7.02. The molecular weight excluding hydrogens is 491 g/mol. The maximum absolute atomic E-state index is 11.2. The predicted molar refractivity (Wildman–Crippen MR) is 129 cm³/mol. The van der Waals surface area contributed by atoms with Gasteiger partial charge in [0.25, 0.3) is 0 Å². The van der Waals surface area contributed by atoms with E-state index in [-0.39, 0.29) is 16.5 Å². The number of aromatic carboxylic acids is 1. The van der Waals surface area contributed by atoms with Crippen molar-refractivity contribution in [2.45, 2.75) is 69.3 Å². The number of carbonyl (C=O) groups is 1. The molecule has 0 amide bonds. The Morgan fingerprint density at radius 3 is 2.40 bits per heavy atom. The third-order valence-electron chi connectivity index (χ3n) is 8.20. The molecule has 0 saturated heterocycles. The molecule has 0 spiro atoms. The Balaban J connectivity index is 1.16. The molecule has 0 atom stereocenters. The van der Waals surface area contributed by atoms with Crippen LogP contribution in [-0.4, -0.2) is 27.8 Å². The average Bonchev–Trinajstić information content (AvgIpc) is 3.41. The number of hydrogen-bond acceptors (Lipinski definition) is 6.